The zero-order valence-electron chi connectivity index (χ0n) is 10.5. The molecule has 0 saturated carbocycles. The van der Waals surface area contributed by atoms with Crippen molar-refractivity contribution in [3.05, 3.63) is 27.3 Å². The molecule has 1 amide bonds. The van der Waals surface area contributed by atoms with Crippen LogP contribution in [0.1, 0.15) is 17.3 Å². The van der Waals surface area contributed by atoms with Crippen LogP contribution in [0.5, 0.6) is 5.75 Å². The predicted octanol–water partition coefficient (Wildman–Crippen LogP) is 2.16. The molecule has 0 bridgehead atoms. The van der Waals surface area contributed by atoms with Crippen LogP contribution in [0.3, 0.4) is 0 Å². The first-order valence-corrected chi connectivity index (χ1v) is 6.94. The zero-order chi connectivity index (χ0) is 13.1. The van der Waals surface area contributed by atoms with E-state index in [-0.39, 0.29) is 12.0 Å². The highest BCUT2D eigenvalue weighted by Crippen LogP contribution is 2.21. The molecule has 1 aromatic carbocycles. The molecule has 1 fully saturated rings. The standard InChI is InChI=1S/C13H16INO3/c1-9-8-15(5-6-18-9)13(16)11-7-10(17-2)3-4-12(11)14/h3-4,7,9H,5-6,8H2,1-2H3/t9-/m0/s1. The van der Waals surface area contributed by atoms with Crippen LogP contribution in [-0.2, 0) is 4.74 Å². The Labute approximate surface area is 120 Å². The Bertz CT molecular complexity index is 450. The smallest absolute Gasteiger partial charge is 0.255 e. The van der Waals surface area contributed by atoms with Gasteiger partial charge in [-0.15, -0.1) is 0 Å². The number of ether oxygens (including phenoxy) is 2. The van der Waals surface area contributed by atoms with Gasteiger partial charge in [-0.05, 0) is 47.7 Å². The van der Waals surface area contributed by atoms with Crippen LogP contribution in [0.25, 0.3) is 0 Å². The number of nitrogens with zero attached hydrogens (tertiary/aromatic N) is 1. The van der Waals surface area contributed by atoms with Gasteiger partial charge in [-0.3, -0.25) is 4.79 Å². The van der Waals surface area contributed by atoms with Crippen molar-refractivity contribution >= 4 is 28.5 Å². The molecule has 1 aromatic rings. The van der Waals surface area contributed by atoms with Gasteiger partial charge in [0, 0.05) is 16.7 Å². The quantitative estimate of drug-likeness (QED) is 0.758. The normalized spacial score (nSPS) is 19.7. The van der Waals surface area contributed by atoms with Crippen molar-refractivity contribution in [2.24, 2.45) is 0 Å². The molecule has 2 rings (SSSR count). The monoisotopic (exact) mass is 361 g/mol. The topological polar surface area (TPSA) is 38.8 Å². The van der Waals surface area contributed by atoms with Gasteiger partial charge in [0.05, 0.1) is 25.4 Å². The minimum atomic E-state index is 0.0495. The molecular weight excluding hydrogens is 345 g/mol. The first kappa shape index (κ1) is 13.6. The van der Waals surface area contributed by atoms with Crippen molar-refractivity contribution in [2.45, 2.75) is 13.0 Å². The minimum Gasteiger partial charge on any atom is -0.497 e. The third kappa shape index (κ3) is 2.95. The molecule has 1 heterocycles. The molecule has 18 heavy (non-hydrogen) atoms. The number of hydrogen-bond acceptors (Lipinski definition) is 3. The lowest BCUT2D eigenvalue weighted by Gasteiger charge is -2.31. The number of morpholine rings is 1. The fourth-order valence-electron chi connectivity index (χ4n) is 1.97. The lowest BCUT2D eigenvalue weighted by atomic mass is 10.1. The van der Waals surface area contributed by atoms with E-state index < -0.39 is 0 Å². The molecule has 0 aromatic heterocycles. The van der Waals surface area contributed by atoms with Crippen LogP contribution in [0.15, 0.2) is 18.2 Å². The van der Waals surface area contributed by atoms with E-state index in [1.807, 2.05) is 24.0 Å². The summed E-state index contributed by atoms with van der Waals surface area (Å²) in [4.78, 5) is 14.3. The number of amides is 1. The second-order valence-electron chi connectivity index (χ2n) is 4.28. The maximum Gasteiger partial charge on any atom is 0.255 e. The summed E-state index contributed by atoms with van der Waals surface area (Å²) >= 11 is 2.18. The molecule has 0 N–H and O–H groups in total. The number of halogens is 1. The van der Waals surface area contributed by atoms with E-state index in [2.05, 4.69) is 22.6 Å². The number of benzene rings is 1. The Kier molecular flexibility index (Phi) is 4.45. The summed E-state index contributed by atoms with van der Waals surface area (Å²) in [6, 6.07) is 5.56. The van der Waals surface area contributed by atoms with Gasteiger partial charge in [0.1, 0.15) is 5.75 Å². The maximum atomic E-state index is 12.4. The summed E-state index contributed by atoms with van der Waals surface area (Å²) in [6.07, 6.45) is 0.103. The lowest BCUT2D eigenvalue weighted by molar-refractivity contribution is -0.0124. The molecule has 4 nitrogen and oxygen atoms in total. The fourth-order valence-corrected chi connectivity index (χ4v) is 2.53. The van der Waals surface area contributed by atoms with Crippen LogP contribution in [0.4, 0.5) is 0 Å². The van der Waals surface area contributed by atoms with Gasteiger partial charge in [-0.2, -0.15) is 0 Å². The van der Waals surface area contributed by atoms with E-state index in [0.29, 0.717) is 31.0 Å². The lowest BCUT2D eigenvalue weighted by Crippen LogP contribution is -2.44. The molecule has 98 valence electrons. The van der Waals surface area contributed by atoms with Crippen molar-refractivity contribution in [1.29, 1.82) is 0 Å². The molecular formula is C13H16INO3. The summed E-state index contributed by atoms with van der Waals surface area (Å²) in [7, 11) is 1.60. The van der Waals surface area contributed by atoms with E-state index in [9.17, 15) is 4.79 Å². The van der Waals surface area contributed by atoms with Crippen molar-refractivity contribution in [3.8, 4) is 5.75 Å². The molecule has 1 aliphatic rings. The number of rotatable bonds is 2. The molecule has 1 atom stereocenters. The van der Waals surface area contributed by atoms with Crippen molar-refractivity contribution in [1.82, 2.24) is 4.90 Å². The Hall–Kier alpha value is -0.820. The van der Waals surface area contributed by atoms with E-state index in [1.54, 1.807) is 13.2 Å². The van der Waals surface area contributed by atoms with Gasteiger partial charge in [0.15, 0.2) is 0 Å². The maximum absolute atomic E-state index is 12.4. The first-order valence-electron chi connectivity index (χ1n) is 5.86. The summed E-state index contributed by atoms with van der Waals surface area (Å²) in [5.41, 5.74) is 0.698. The Balaban J connectivity index is 2.22. The molecule has 1 aliphatic heterocycles. The second-order valence-corrected chi connectivity index (χ2v) is 5.44. The molecule has 0 aliphatic carbocycles. The second kappa shape index (κ2) is 5.88. The van der Waals surface area contributed by atoms with Gasteiger partial charge < -0.3 is 14.4 Å². The fraction of sp³-hybridized carbons (Fsp3) is 0.462. The average Bonchev–Trinajstić information content (AvgIpc) is 2.38. The average molecular weight is 361 g/mol. The van der Waals surface area contributed by atoms with Crippen molar-refractivity contribution in [3.63, 3.8) is 0 Å². The third-order valence-electron chi connectivity index (χ3n) is 2.93. The Morgan fingerprint density at radius 2 is 2.33 bits per heavy atom. The Morgan fingerprint density at radius 3 is 3.00 bits per heavy atom. The summed E-state index contributed by atoms with van der Waals surface area (Å²) in [6.45, 7) is 3.88. The van der Waals surface area contributed by atoms with Crippen molar-refractivity contribution < 1.29 is 14.3 Å². The summed E-state index contributed by atoms with van der Waals surface area (Å²) in [5, 5.41) is 0. The highest BCUT2D eigenvalue weighted by Gasteiger charge is 2.24. The van der Waals surface area contributed by atoms with Crippen LogP contribution < -0.4 is 4.74 Å². The van der Waals surface area contributed by atoms with E-state index in [4.69, 9.17) is 9.47 Å². The van der Waals surface area contributed by atoms with Gasteiger partial charge in [-0.1, -0.05) is 0 Å². The Morgan fingerprint density at radius 1 is 1.56 bits per heavy atom. The highest BCUT2D eigenvalue weighted by molar-refractivity contribution is 14.1. The number of hydrogen-bond donors (Lipinski definition) is 0. The molecule has 0 radical (unpaired) electrons. The predicted molar refractivity (Wildman–Crippen MR) is 77.0 cm³/mol. The molecule has 5 heteroatoms. The van der Waals surface area contributed by atoms with Crippen LogP contribution in [-0.4, -0.2) is 43.7 Å². The van der Waals surface area contributed by atoms with Gasteiger partial charge >= 0.3 is 0 Å². The van der Waals surface area contributed by atoms with Crippen LogP contribution in [0.2, 0.25) is 0 Å². The van der Waals surface area contributed by atoms with E-state index in [0.717, 1.165) is 3.57 Å². The first-order chi connectivity index (χ1) is 8.61. The van der Waals surface area contributed by atoms with Crippen LogP contribution in [0, 0.1) is 3.57 Å². The van der Waals surface area contributed by atoms with E-state index in [1.165, 1.54) is 0 Å². The minimum absolute atomic E-state index is 0.0495. The zero-order valence-corrected chi connectivity index (χ0v) is 12.6. The molecule has 1 saturated heterocycles. The molecule has 0 spiro atoms. The summed E-state index contributed by atoms with van der Waals surface area (Å²) in [5.74, 6) is 0.758. The van der Waals surface area contributed by atoms with Gasteiger partial charge in [0.25, 0.3) is 5.91 Å². The largest absolute Gasteiger partial charge is 0.497 e. The van der Waals surface area contributed by atoms with Gasteiger partial charge in [0.2, 0.25) is 0 Å². The molecule has 0 unspecified atom stereocenters. The SMILES string of the molecule is COc1ccc(I)c(C(=O)N2CCO[C@@H](C)C2)c1. The summed E-state index contributed by atoms with van der Waals surface area (Å²) < 4.78 is 11.6. The van der Waals surface area contributed by atoms with Crippen molar-refractivity contribution in [2.75, 3.05) is 26.8 Å². The highest BCUT2D eigenvalue weighted by atomic mass is 127. The number of carbonyl (C=O) groups excluding carboxylic acids is 1. The van der Waals surface area contributed by atoms with E-state index >= 15 is 0 Å². The van der Waals surface area contributed by atoms with Crippen LogP contribution >= 0.6 is 22.6 Å². The third-order valence-corrected chi connectivity index (χ3v) is 3.87. The van der Waals surface area contributed by atoms with Gasteiger partial charge in [-0.25, -0.2) is 0 Å². The number of carbonyl (C=O) groups is 1. The number of methoxy groups -OCH3 is 1.